The van der Waals surface area contributed by atoms with Gasteiger partial charge < -0.3 is 4.90 Å². The molecular formula is C8H13NO. The highest BCUT2D eigenvalue weighted by Gasteiger charge is 1.96. The summed E-state index contributed by atoms with van der Waals surface area (Å²) in [6.45, 7) is 5.38. The first kappa shape index (κ1) is 8.95. The summed E-state index contributed by atoms with van der Waals surface area (Å²) in [6.07, 6.45) is 5.89. The Labute approximate surface area is 61.8 Å². The molecule has 0 aliphatic rings. The zero-order valence-corrected chi connectivity index (χ0v) is 6.50. The molecule has 2 nitrogen and oxygen atoms in total. The molecule has 0 N–H and O–H groups in total. The maximum atomic E-state index is 10.8. The van der Waals surface area contributed by atoms with Gasteiger partial charge >= 0.3 is 0 Å². The lowest BCUT2D eigenvalue weighted by Crippen LogP contribution is -2.17. The molecule has 10 heavy (non-hydrogen) atoms. The molecule has 0 aromatic heterocycles. The van der Waals surface area contributed by atoms with Crippen LogP contribution < -0.4 is 0 Å². The van der Waals surface area contributed by atoms with Gasteiger partial charge in [0.05, 0.1) is 0 Å². The fourth-order valence-corrected chi connectivity index (χ4v) is 0.481. The largest absolute Gasteiger partial charge is 0.319 e. The number of allylic oxidation sites excluding steroid dienone is 1. The molecule has 0 aliphatic carbocycles. The molecule has 0 fully saturated rings. The minimum Gasteiger partial charge on any atom is -0.319 e. The molecule has 56 valence electrons. The second-order valence-electron chi connectivity index (χ2n) is 1.95. The molecule has 0 saturated carbocycles. The van der Waals surface area contributed by atoms with Gasteiger partial charge in [-0.15, -0.1) is 0 Å². The smallest absolute Gasteiger partial charge is 0.249 e. The Morgan fingerprint density at radius 2 is 2.30 bits per heavy atom. The van der Waals surface area contributed by atoms with Crippen LogP contribution in [0.1, 0.15) is 13.3 Å². The van der Waals surface area contributed by atoms with Gasteiger partial charge in [-0.25, -0.2) is 0 Å². The van der Waals surface area contributed by atoms with Crippen molar-refractivity contribution < 1.29 is 4.79 Å². The molecule has 0 aromatic rings. The van der Waals surface area contributed by atoms with Crippen molar-refractivity contribution >= 4 is 5.91 Å². The molecule has 0 spiro atoms. The summed E-state index contributed by atoms with van der Waals surface area (Å²) in [6, 6.07) is 0. The van der Waals surface area contributed by atoms with E-state index in [2.05, 4.69) is 6.58 Å². The summed E-state index contributed by atoms with van der Waals surface area (Å²) in [5, 5.41) is 0. The van der Waals surface area contributed by atoms with Gasteiger partial charge in [-0.1, -0.05) is 19.6 Å². The Kier molecular flexibility index (Phi) is 4.29. The van der Waals surface area contributed by atoms with Crippen LogP contribution in [0.15, 0.2) is 24.9 Å². The average Bonchev–Trinajstić information content (AvgIpc) is 1.98. The summed E-state index contributed by atoms with van der Waals surface area (Å²) in [5.74, 6) is -0.0790. The maximum absolute atomic E-state index is 10.8. The lowest BCUT2D eigenvalue weighted by atomic mass is 10.4. The zero-order valence-electron chi connectivity index (χ0n) is 6.50. The van der Waals surface area contributed by atoms with Gasteiger partial charge in [0.1, 0.15) is 0 Å². The Balaban J connectivity index is 3.83. The Hall–Kier alpha value is -1.05. The van der Waals surface area contributed by atoms with Crippen molar-refractivity contribution in [2.45, 2.75) is 13.3 Å². The first-order chi connectivity index (χ1) is 4.72. The van der Waals surface area contributed by atoms with Crippen molar-refractivity contribution in [1.82, 2.24) is 4.90 Å². The number of nitrogens with zero attached hydrogens (tertiary/aromatic N) is 1. The van der Waals surface area contributed by atoms with E-state index in [0.717, 1.165) is 6.42 Å². The highest BCUT2D eigenvalue weighted by molar-refractivity contribution is 5.87. The monoisotopic (exact) mass is 139 g/mol. The Morgan fingerprint density at radius 1 is 1.70 bits per heavy atom. The van der Waals surface area contributed by atoms with Gasteiger partial charge in [-0.3, -0.25) is 4.79 Å². The minimum absolute atomic E-state index is 0.0790. The lowest BCUT2D eigenvalue weighted by molar-refractivity contribution is -0.122. The predicted molar refractivity (Wildman–Crippen MR) is 42.4 cm³/mol. The van der Waals surface area contributed by atoms with Crippen LogP contribution in [0.3, 0.4) is 0 Å². The van der Waals surface area contributed by atoms with Crippen LogP contribution in [-0.4, -0.2) is 17.9 Å². The third kappa shape index (κ3) is 3.07. The van der Waals surface area contributed by atoms with Crippen molar-refractivity contribution in [3.8, 4) is 0 Å². The van der Waals surface area contributed by atoms with Crippen LogP contribution in [0.4, 0.5) is 0 Å². The van der Waals surface area contributed by atoms with Crippen molar-refractivity contribution in [2.75, 3.05) is 7.05 Å². The highest BCUT2D eigenvalue weighted by atomic mass is 16.2. The third-order valence-corrected chi connectivity index (χ3v) is 1.09. The van der Waals surface area contributed by atoms with Gasteiger partial charge in [-0.2, -0.15) is 0 Å². The van der Waals surface area contributed by atoms with Crippen LogP contribution in [-0.2, 0) is 4.79 Å². The van der Waals surface area contributed by atoms with Crippen molar-refractivity contribution in [2.24, 2.45) is 0 Å². The molecule has 0 aromatic carbocycles. The van der Waals surface area contributed by atoms with E-state index in [-0.39, 0.29) is 5.91 Å². The van der Waals surface area contributed by atoms with E-state index >= 15 is 0 Å². The van der Waals surface area contributed by atoms with E-state index in [9.17, 15) is 4.79 Å². The number of rotatable bonds is 3. The summed E-state index contributed by atoms with van der Waals surface area (Å²) < 4.78 is 0. The van der Waals surface area contributed by atoms with E-state index in [1.165, 1.54) is 11.0 Å². The Morgan fingerprint density at radius 3 is 2.70 bits per heavy atom. The van der Waals surface area contributed by atoms with Gasteiger partial charge in [0.2, 0.25) is 5.91 Å². The first-order valence-corrected chi connectivity index (χ1v) is 3.28. The Bertz CT molecular complexity index is 149. The summed E-state index contributed by atoms with van der Waals surface area (Å²) in [5.41, 5.74) is 0. The summed E-state index contributed by atoms with van der Waals surface area (Å²) in [7, 11) is 1.70. The van der Waals surface area contributed by atoms with E-state index in [1.807, 2.05) is 13.0 Å². The minimum atomic E-state index is -0.0790. The van der Waals surface area contributed by atoms with Gasteiger partial charge in [0, 0.05) is 13.2 Å². The molecular weight excluding hydrogens is 126 g/mol. The molecule has 2 heteroatoms. The molecule has 0 rings (SSSR count). The molecule has 0 atom stereocenters. The number of likely N-dealkylation sites (N-methyl/N-ethyl adjacent to an activating group) is 1. The topological polar surface area (TPSA) is 20.3 Å². The standard InChI is InChI=1S/C8H13NO/c1-4-6-7-9(3)8(10)5-2/h5-7H,2,4H2,1,3H3/b7-6-. The van der Waals surface area contributed by atoms with Gasteiger partial charge in [0.25, 0.3) is 0 Å². The molecule has 0 radical (unpaired) electrons. The number of carbonyl (C=O) groups excluding carboxylic acids is 1. The van der Waals surface area contributed by atoms with E-state index < -0.39 is 0 Å². The fraction of sp³-hybridized carbons (Fsp3) is 0.375. The quantitative estimate of drug-likeness (QED) is 0.543. The van der Waals surface area contributed by atoms with Gasteiger partial charge in [0.15, 0.2) is 0 Å². The zero-order chi connectivity index (χ0) is 7.98. The number of carbonyl (C=O) groups is 1. The van der Waals surface area contributed by atoms with Gasteiger partial charge in [-0.05, 0) is 12.5 Å². The van der Waals surface area contributed by atoms with Crippen molar-refractivity contribution in [3.05, 3.63) is 24.9 Å². The molecule has 0 heterocycles. The van der Waals surface area contributed by atoms with E-state index in [0.29, 0.717) is 0 Å². The second kappa shape index (κ2) is 4.79. The normalized spacial score (nSPS) is 9.80. The number of amides is 1. The summed E-state index contributed by atoms with van der Waals surface area (Å²) >= 11 is 0. The van der Waals surface area contributed by atoms with Crippen LogP contribution in [0, 0.1) is 0 Å². The maximum Gasteiger partial charge on any atom is 0.249 e. The van der Waals surface area contributed by atoms with E-state index in [4.69, 9.17) is 0 Å². The number of hydrogen-bond donors (Lipinski definition) is 0. The van der Waals surface area contributed by atoms with Crippen LogP contribution in [0.5, 0.6) is 0 Å². The highest BCUT2D eigenvalue weighted by Crippen LogP contribution is 1.88. The SMILES string of the molecule is C=CC(=O)N(C)/C=C\CC. The van der Waals surface area contributed by atoms with Crippen LogP contribution in [0.25, 0.3) is 0 Å². The average molecular weight is 139 g/mol. The van der Waals surface area contributed by atoms with Crippen molar-refractivity contribution in [1.29, 1.82) is 0 Å². The van der Waals surface area contributed by atoms with Crippen LogP contribution >= 0.6 is 0 Å². The molecule has 0 saturated heterocycles. The molecule has 0 unspecified atom stereocenters. The van der Waals surface area contributed by atoms with E-state index in [1.54, 1.807) is 13.2 Å². The third-order valence-electron chi connectivity index (χ3n) is 1.09. The van der Waals surface area contributed by atoms with Crippen molar-refractivity contribution in [3.63, 3.8) is 0 Å². The molecule has 1 amide bonds. The molecule has 0 aliphatic heterocycles. The first-order valence-electron chi connectivity index (χ1n) is 3.28. The predicted octanol–water partition coefficient (Wildman–Crippen LogP) is 1.55. The number of hydrogen-bond acceptors (Lipinski definition) is 1. The lowest BCUT2D eigenvalue weighted by Gasteiger charge is -2.06. The van der Waals surface area contributed by atoms with Crippen LogP contribution in [0.2, 0.25) is 0 Å². The summed E-state index contributed by atoms with van der Waals surface area (Å²) in [4.78, 5) is 12.3. The molecule has 0 bridgehead atoms. The fourth-order valence-electron chi connectivity index (χ4n) is 0.481. The second-order valence-corrected chi connectivity index (χ2v) is 1.95.